The van der Waals surface area contributed by atoms with Crippen LogP contribution in [0.3, 0.4) is 0 Å². The second-order valence-corrected chi connectivity index (χ2v) is 8.43. The van der Waals surface area contributed by atoms with Gasteiger partial charge in [-0.2, -0.15) is 0 Å². The summed E-state index contributed by atoms with van der Waals surface area (Å²) >= 11 is 0. The molecule has 0 fully saturated rings. The van der Waals surface area contributed by atoms with Gasteiger partial charge in [-0.05, 0) is 60.9 Å². The summed E-state index contributed by atoms with van der Waals surface area (Å²) in [7, 11) is 2.07. The number of hydrogen-bond donors (Lipinski definition) is 1. The SMILES string of the molecule is CN1c2ccccc2C(C)(C)C12C=Cc1cc(-c3ccccc3)cc(/C=N\O)c1O2. The molecule has 2 aliphatic heterocycles. The summed E-state index contributed by atoms with van der Waals surface area (Å²) in [4.78, 5) is 2.20. The number of ether oxygens (including phenoxy) is 1. The Hall–Kier alpha value is -3.53. The number of benzene rings is 3. The third-order valence-electron chi connectivity index (χ3n) is 6.53. The number of anilines is 1. The van der Waals surface area contributed by atoms with E-state index in [1.54, 1.807) is 0 Å². The van der Waals surface area contributed by atoms with Crippen molar-refractivity contribution in [3.8, 4) is 16.9 Å². The Morgan fingerprint density at radius 1 is 0.967 bits per heavy atom. The molecule has 2 heterocycles. The van der Waals surface area contributed by atoms with Crippen LogP contribution >= 0.6 is 0 Å². The second kappa shape index (κ2) is 6.49. The maximum absolute atomic E-state index is 9.32. The summed E-state index contributed by atoms with van der Waals surface area (Å²) in [5.74, 6) is 0.725. The lowest BCUT2D eigenvalue weighted by Gasteiger charge is -2.46. The lowest BCUT2D eigenvalue weighted by Crippen LogP contribution is -2.58. The highest BCUT2D eigenvalue weighted by atomic mass is 16.5. The van der Waals surface area contributed by atoms with Crippen LogP contribution in [-0.2, 0) is 5.41 Å². The minimum atomic E-state index is -0.671. The Balaban J connectivity index is 1.67. The van der Waals surface area contributed by atoms with E-state index in [1.165, 1.54) is 11.8 Å². The van der Waals surface area contributed by atoms with Gasteiger partial charge in [0, 0.05) is 23.9 Å². The monoisotopic (exact) mass is 396 g/mol. The lowest BCUT2D eigenvalue weighted by molar-refractivity contribution is 0.0580. The topological polar surface area (TPSA) is 45.1 Å². The molecule has 4 nitrogen and oxygen atoms in total. The van der Waals surface area contributed by atoms with Crippen molar-refractivity contribution in [2.75, 3.05) is 11.9 Å². The molecule has 1 spiro atoms. The van der Waals surface area contributed by atoms with E-state index < -0.39 is 5.72 Å². The molecular formula is C26H24N2O2. The Morgan fingerprint density at radius 3 is 2.43 bits per heavy atom. The molecule has 30 heavy (non-hydrogen) atoms. The van der Waals surface area contributed by atoms with Crippen molar-refractivity contribution in [2.24, 2.45) is 5.16 Å². The molecule has 0 saturated carbocycles. The number of rotatable bonds is 2. The standard InChI is InChI=1S/C26H24N2O2/c1-25(2)22-11-7-8-12-23(22)28(3)26(25)14-13-19-15-20(18-9-5-4-6-10-18)16-21(17-27-29)24(19)30-26/h4-17,29H,1-3H3/b27-17-. The fourth-order valence-corrected chi connectivity index (χ4v) is 4.87. The summed E-state index contributed by atoms with van der Waals surface area (Å²) in [6.07, 6.45) is 5.74. The Labute approximate surface area is 176 Å². The molecule has 1 N–H and O–H groups in total. The molecule has 0 aromatic heterocycles. The first-order valence-electron chi connectivity index (χ1n) is 10.1. The van der Waals surface area contributed by atoms with Gasteiger partial charge in [0.15, 0.2) is 0 Å². The van der Waals surface area contributed by atoms with E-state index in [2.05, 4.69) is 85.6 Å². The predicted molar refractivity (Wildman–Crippen MR) is 122 cm³/mol. The molecule has 0 amide bonds. The molecule has 1 unspecified atom stereocenters. The van der Waals surface area contributed by atoms with E-state index in [9.17, 15) is 5.21 Å². The van der Waals surface area contributed by atoms with Crippen LogP contribution in [0.1, 0.15) is 30.5 Å². The van der Waals surface area contributed by atoms with Gasteiger partial charge >= 0.3 is 0 Å². The highest BCUT2D eigenvalue weighted by Gasteiger charge is 2.57. The summed E-state index contributed by atoms with van der Waals surface area (Å²) in [6, 6.07) is 22.7. The zero-order chi connectivity index (χ0) is 20.9. The first-order chi connectivity index (χ1) is 14.5. The highest BCUT2D eigenvalue weighted by molar-refractivity contribution is 5.90. The predicted octanol–water partition coefficient (Wildman–Crippen LogP) is 5.69. The average Bonchev–Trinajstić information content (AvgIpc) is 2.93. The van der Waals surface area contributed by atoms with E-state index >= 15 is 0 Å². The lowest BCUT2D eigenvalue weighted by atomic mass is 9.76. The molecule has 3 aromatic rings. The molecule has 3 aromatic carbocycles. The minimum absolute atomic E-state index is 0.280. The van der Waals surface area contributed by atoms with Crippen molar-refractivity contribution in [3.63, 3.8) is 0 Å². The maximum atomic E-state index is 9.32. The molecule has 2 aliphatic rings. The highest BCUT2D eigenvalue weighted by Crippen LogP contribution is 2.54. The van der Waals surface area contributed by atoms with Crippen molar-refractivity contribution in [1.29, 1.82) is 0 Å². The van der Waals surface area contributed by atoms with Gasteiger partial charge in [0.1, 0.15) is 5.75 Å². The third kappa shape index (κ3) is 2.43. The Kier molecular flexibility index (Phi) is 4.00. The fraction of sp³-hybridized carbons (Fsp3) is 0.192. The maximum Gasteiger partial charge on any atom is 0.211 e. The Bertz CT molecular complexity index is 1180. The van der Waals surface area contributed by atoms with Crippen LogP contribution in [0.2, 0.25) is 0 Å². The number of hydrogen-bond acceptors (Lipinski definition) is 4. The smallest absolute Gasteiger partial charge is 0.211 e. The summed E-state index contributed by atoms with van der Waals surface area (Å²) in [5, 5.41) is 12.6. The van der Waals surface area contributed by atoms with Gasteiger partial charge in [0.2, 0.25) is 5.72 Å². The van der Waals surface area contributed by atoms with Gasteiger partial charge in [0.05, 0.1) is 11.6 Å². The minimum Gasteiger partial charge on any atom is -0.462 e. The van der Waals surface area contributed by atoms with E-state index in [-0.39, 0.29) is 5.41 Å². The van der Waals surface area contributed by atoms with Crippen LogP contribution in [-0.4, -0.2) is 24.2 Å². The molecule has 4 heteroatoms. The van der Waals surface area contributed by atoms with Crippen molar-refractivity contribution in [3.05, 3.63) is 89.5 Å². The van der Waals surface area contributed by atoms with Gasteiger partial charge in [-0.1, -0.05) is 53.7 Å². The molecule has 1 atom stereocenters. The first kappa shape index (κ1) is 18.5. The van der Waals surface area contributed by atoms with E-state index in [1.807, 2.05) is 24.3 Å². The fourth-order valence-electron chi connectivity index (χ4n) is 4.87. The number of oxime groups is 1. The van der Waals surface area contributed by atoms with Crippen LogP contribution in [0.5, 0.6) is 5.75 Å². The van der Waals surface area contributed by atoms with Crippen LogP contribution < -0.4 is 9.64 Å². The van der Waals surface area contributed by atoms with Gasteiger partial charge in [0.25, 0.3) is 0 Å². The van der Waals surface area contributed by atoms with Crippen LogP contribution in [0.15, 0.2) is 78.0 Å². The van der Waals surface area contributed by atoms with Crippen LogP contribution in [0.25, 0.3) is 17.2 Å². The zero-order valence-electron chi connectivity index (χ0n) is 17.3. The van der Waals surface area contributed by atoms with Crippen molar-refractivity contribution >= 4 is 18.0 Å². The molecule has 0 aliphatic carbocycles. The van der Waals surface area contributed by atoms with Gasteiger partial charge < -0.3 is 14.8 Å². The molecule has 0 saturated heterocycles. The number of fused-ring (bicyclic) bond motifs is 2. The van der Waals surface area contributed by atoms with E-state index in [0.717, 1.165) is 33.7 Å². The number of para-hydroxylation sites is 1. The third-order valence-corrected chi connectivity index (χ3v) is 6.53. The Morgan fingerprint density at radius 2 is 1.70 bits per heavy atom. The van der Waals surface area contributed by atoms with Crippen molar-refractivity contribution in [2.45, 2.75) is 25.0 Å². The summed E-state index contributed by atoms with van der Waals surface area (Å²) in [5.41, 5.74) is 5.33. The molecule has 150 valence electrons. The molecule has 0 bridgehead atoms. The quantitative estimate of drug-likeness (QED) is 0.344. The largest absolute Gasteiger partial charge is 0.462 e. The molecule has 5 rings (SSSR count). The summed E-state index contributed by atoms with van der Waals surface area (Å²) < 4.78 is 6.80. The van der Waals surface area contributed by atoms with E-state index in [4.69, 9.17) is 4.74 Å². The number of nitrogens with zero attached hydrogens (tertiary/aromatic N) is 2. The normalized spacial score (nSPS) is 21.0. The molecule has 0 radical (unpaired) electrons. The molecular weight excluding hydrogens is 372 g/mol. The van der Waals surface area contributed by atoms with Crippen LogP contribution in [0.4, 0.5) is 5.69 Å². The van der Waals surface area contributed by atoms with Crippen molar-refractivity contribution in [1.82, 2.24) is 0 Å². The second-order valence-electron chi connectivity index (χ2n) is 8.43. The summed E-state index contributed by atoms with van der Waals surface area (Å²) in [6.45, 7) is 4.42. The van der Waals surface area contributed by atoms with Gasteiger partial charge in [-0.3, -0.25) is 0 Å². The van der Waals surface area contributed by atoms with Crippen molar-refractivity contribution < 1.29 is 9.94 Å². The van der Waals surface area contributed by atoms with Gasteiger partial charge in [-0.25, -0.2) is 0 Å². The zero-order valence-corrected chi connectivity index (χ0v) is 17.3. The van der Waals surface area contributed by atoms with Gasteiger partial charge in [-0.15, -0.1) is 0 Å². The average molecular weight is 396 g/mol. The van der Waals surface area contributed by atoms with Crippen LogP contribution in [0, 0.1) is 0 Å². The van der Waals surface area contributed by atoms with E-state index in [0.29, 0.717) is 0 Å². The first-order valence-corrected chi connectivity index (χ1v) is 10.1. The number of likely N-dealkylation sites (N-methyl/N-ethyl adjacent to an activating group) is 1.